The van der Waals surface area contributed by atoms with E-state index in [-0.39, 0.29) is 36.6 Å². The summed E-state index contributed by atoms with van der Waals surface area (Å²) in [7, 11) is 0. The van der Waals surface area contributed by atoms with Gasteiger partial charge in [-0.1, -0.05) is 19.9 Å². The van der Waals surface area contributed by atoms with Crippen LogP contribution in [0.1, 0.15) is 13.8 Å². The molecule has 0 aromatic carbocycles. The first-order chi connectivity index (χ1) is 8.09. The van der Waals surface area contributed by atoms with E-state index in [1.807, 2.05) is 32.0 Å². The van der Waals surface area contributed by atoms with Gasteiger partial charge >= 0.3 is 0 Å². The summed E-state index contributed by atoms with van der Waals surface area (Å²) < 4.78 is 1.70. The molecule has 2 aromatic heterocycles. The smallest absolute Gasteiger partial charge is 0.243 e. The number of pyridine rings is 1. The van der Waals surface area contributed by atoms with E-state index in [4.69, 9.17) is 5.73 Å². The molecular formula is C11H17Cl2N5O. The molecule has 3 N–H and O–H groups in total. The van der Waals surface area contributed by atoms with E-state index in [1.54, 1.807) is 10.6 Å². The molecule has 0 spiro atoms. The van der Waals surface area contributed by atoms with Gasteiger partial charge in [0, 0.05) is 6.20 Å². The van der Waals surface area contributed by atoms with Crippen molar-refractivity contribution in [2.75, 3.05) is 5.32 Å². The van der Waals surface area contributed by atoms with Crippen LogP contribution in [0.3, 0.4) is 0 Å². The third-order valence-corrected chi connectivity index (χ3v) is 2.57. The van der Waals surface area contributed by atoms with Crippen molar-refractivity contribution in [3.05, 3.63) is 24.4 Å². The lowest BCUT2D eigenvalue weighted by molar-refractivity contribution is -0.118. The number of hydrogen-bond acceptors (Lipinski definition) is 4. The maximum absolute atomic E-state index is 11.8. The fourth-order valence-corrected chi connectivity index (χ4v) is 1.42. The van der Waals surface area contributed by atoms with Gasteiger partial charge in [-0.15, -0.1) is 35.0 Å². The zero-order chi connectivity index (χ0) is 12.4. The van der Waals surface area contributed by atoms with Crippen LogP contribution in [-0.4, -0.2) is 26.5 Å². The topological polar surface area (TPSA) is 85.3 Å². The summed E-state index contributed by atoms with van der Waals surface area (Å²) in [4.78, 5) is 11.8. The molecule has 2 heterocycles. The molecule has 0 bridgehead atoms. The van der Waals surface area contributed by atoms with Gasteiger partial charge in [0.15, 0.2) is 5.65 Å². The Morgan fingerprint density at radius 2 is 2.00 bits per heavy atom. The highest BCUT2D eigenvalue weighted by Crippen LogP contribution is 2.08. The minimum absolute atomic E-state index is 0. The van der Waals surface area contributed by atoms with Crippen LogP contribution in [0, 0.1) is 5.92 Å². The predicted octanol–water partition coefficient (Wildman–Crippen LogP) is 1.49. The molecule has 0 aliphatic rings. The minimum Gasteiger partial charge on any atom is -0.320 e. The Kier molecular flexibility index (Phi) is 6.75. The molecule has 2 rings (SSSR count). The van der Waals surface area contributed by atoms with Crippen LogP contribution in [-0.2, 0) is 4.79 Å². The quantitative estimate of drug-likeness (QED) is 0.900. The van der Waals surface area contributed by atoms with Gasteiger partial charge in [0.25, 0.3) is 0 Å². The molecule has 1 unspecified atom stereocenters. The molecule has 1 atom stereocenters. The van der Waals surface area contributed by atoms with Crippen molar-refractivity contribution in [1.82, 2.24) is 14.6 Å². The lowest BCUT2D eigenvalue weighted by Gasteiger charge is -2.14. The average molecular weight is 306 g/mol. The van der Waals surface area contributed by atoms with E-state index in [9.17, 15) is 4.79 Å². The Labute approximate surface area is 123 Å². The number of halogens is 2. The number of fused-ring (bicyclic) bond motifs is 1. The summed E-state index contributed by atoms with van der Waals surface area (Å²) in [6.07, 6.45) is 1.78. The summed E-state index contributed by atoms with van der Waals surface area (Å²) >= 11 is 0. The van der Waals surface area contributed by atoms with Gasteiger partial charge in [-0.25, -0.2) is 0 Å². The van der Waals surface area contributed by atoms with Gasteiger partial charge in [-0.3, -0.25) is 14.5 Å². The van der Waals surface area contributed by atoms with Gasteiger partial charge in [-0.05, 0) is 18.1 Å². The molecule has 0 saturated carbocycles. The molecule has 19 heavy (non-hydrogen) atoms. The minimum atomic E-state index is -0.550. The Bertz CT molecular complexity index is 543. The number of nitrogens with one attached hydrogen (secondary N) is 1. The van der Waals surface area contributed by atoms with Gasteiger partial charge < -0.3 is 5.73 Å². The first-order valence-electron chi connectivity index (χ1n) is 5.46. The van der Waals surface area contributed by atoms with Crippen molar-refractivity contribution in [3.63, 3.8) is 0 Å². The highest BCUT2D eigenvalue weighted by molar-refractivity contribution is 5.93. The van der Waals surface area contributed by atoms with Crippen molar-refractivity contribution in [2.24, 2.45) is 11.7 Å². The first kappa shape index (κ1) is 17.6. The third kappa shape index (κ3) is 3.79. The number of nitrogens with zero attached hydrogens (tertiary/aromatic N) is 3. The second-order valence-electron chi connectivity index (χ2n) is 4.21. The molecule has 0 fully saturated rings. The largest absolute Gasteiger partial charge is 0.320 e. The predicted molar refractivity (Wildman–Crippen MR) is 78.9 cm³/mol. The van der Waals surface area contributed by atoms with Crippen molar-refractivity contribution >= 4 is 42.3 Å². The molecule has 2 aromatic rings. The van der Waals surface area contributed by atoms with Crippen LogP contribution in [0.15, 0.2) is 24.4 Å². The van der Waals surface area contributed by atoms with Gasteiger partial charge in [0.2, 0.25) is 11.9 Å². The Morgan fingerprint density at radius 1 is 1.32 bits per heavy atom. The van der Waals surface area contributed by atoms with E-state index in [0.717, 1.165) is 0 Å². The van der Waals surface area contributed by atoms with Crippen LogP contribution < -0.4 is 11.1 Å². The summed E-state index contributed by atoms with van der Waals surface area (Å²) in [5.74, 6) is 0.217. The Balaban J connectivity index is 0.00000162. The lowest BCUT2D eigenvalue weighted by Crippen LogP contribution is -2.40. The van der Waals surface area contributed by atoms with Crippen molar-refractivity contribution in [1.29, 1.82) is 0 Å². The monoisotopic (exact) mass is 305 g/mol. The van der Waals surface area contributed by atoms with E-state index in [2.05, 4.69) is 15.5 Å². The van der Waals surface area contributed by atoms with Crippen LogP contribution in [0.2, 0.25) is 0 Å². The summed E-state index contributed by atoms with van der Waals surface area (Å²) in [5.41, 5.74) is 6.43. The molecule has 0 radical (unpaired) electrons. The fourth-order valence-electron chi connectivity index (χ4n) is 1.42. The fraction of sp³-hybridized carbons (Fsp3) is 0.364. The first-order valence-corrected chi connectivity index (χ1v) is 5.46. The number of carbonyl (C=O) groups is 1. The summed E-state index contributed by atoms with van der Waals surface area (Å²) in [6, 6.07) is 4.96. The zero-order valence-corrected chi connectivity index (χ0v) is 12.2. The number of amides is 1. The van der Waals surface area contributed by atoms with E-state index in [0.29, 0.717) is 11.6 Å². The number of hydrogen-bond donors (Lipinski definition) is 2. The van der Waals surface area contributed by atoms with E-state index in [1.165, 1.54) is 0 Å². The van der Waals surface area contributed by atoms with Crippen LogP contribution in [0.25, 0.3) is 5.65 Å². The van der Waals surface area contributed by atoms with Crippen molar-refractivity contribution in [3.8, 4) is 0 Å². The average Bonchev–Trinajstić information content (AvgIpc) is 2.71. The maximum Gasteiger partial charge on any atom is 0.243 e. The SMILES string of the molecule is CC(C)C(N)C(=O)Nc1nnc2ccccn12.Cl.Cl. The second kappa shape index (κ2) is 7.28. The van der Waals surface area contributed by atoms with Gasteiger partial charge in [0.1, 0.15) is 0 Å². The standard InChI is InChI=1S/C11H15N5O.2ClH/c1-7(2)9(12)10(17)13-11-15-14-8-5-3-4-6-16(8)11;;/h3-7,9H,12H2,1-2H3,(H,13,15,17);2*1H. The number of carbonyl (C=O) groups excluding carboxylic acids is 1. The third-order valence-electron chi connectivity index (χ3n) is 2.57. The highest BCUT2D eigenvalue weighted by Gasteiger charge is 2.19. The number of anilines is 1. The maximum atomic E-state index is 11.8. The molecular weight excluding hydrogens is 289 g/mol. The molecule has 1 amide bonds. The van der Waals surface area contributed by atoms with Gasteiger partial charge in [0.05, 0.1) is 6.04 Å². The molecule has 0 aliphatic heterocycles. The molecule has 6 nitrogen and oxygen atoms in total. The summed E-state index contributed by atoms with van der Waals surface area (Å²) in [6.45, 7) is 3.79. The Hall–Kier alpha value is -1.37. The molecule has 0 saturated heterocycles. The van der Waals surface area contributed by atoms with Crippen LogP contribution in [0.4, 0.5) is 5.95 Å². The van der Waals surface area contributed by atoms with E-state index < -0.39 is 6.04 Å². The van der Waals surface area contributed by atoms with Crippen molar-refractivity contribution in [2.45, 2.75) is 19.9 Å². The summed E-state index contributed by atoms with van der Waals surface area (Å²) in [5, 5.41) is 10.5. The number of rotatable bonds is 3. The highest BCUT2D eigenvalue weighted by atomic mass is 35.5. The van der Waals surface area contributed by atoms with Crippen molar-refractivity contribution < 1.29 is 4.79 Å². The van der Waals surface area contributed by atoms with Crippen LogP contribution >= 0.6 is 24.8 Å². The normalized spacial score (nSPS) is 11.6. The zero-order valence-electron chi connectivity index (χ0n) is 10.6. The number of aromatic nitrogens is 3. The molecule has 106 valence electrons. The van der Waals surface area contributed by atoms with Gasteiger partial charge in [-0.2, -0.15) is 0 Å². The van der Waals surface area contributed by atoms with Crippen LogP contribution in [0.5, 0.6) is 0 Å². The molecule has 0 aliphatic carbocycles. The Morgan fingerprint density at radius 3 is 2.63 bits per heavy atom. The lowest BCUT2D eigenvalue weighted by atomic mass is 10.1. The van der Waals surface area contributed by atoms with E-state index >= 15 is 0 Å². The molecule has 8 heteroatoms. The second-order valence-corrected chi connectivity index (χ2v) is 4.21. The number of nitrogens with two attached hydrogens (primary N) is 1.